The fraction of sp³-hybridized carbons (Fsp3) is 0.207. The van der Waals surface area contributed by atoms with Crippen molar-refractivity contribution in [3.8, 4) is 23.0 Å². The summed E-state index contributed by atoms with van der Waals surface area (Å²) in [5.74, 6) is -0.410. The minimum absolute atomic E-state index is 0.119. The van der Waals surface area contributed by atoms with E-state index in [1.54, 1.807) is 89.0 Å². The van der Waals surface area contributed by atoms with Crippen LogP contribution >= 0.6 is 0 Å². The molecule has 0 aromatic heterocycles. The molecular formula is C29H31N3O6. The second-order valence-corrected chi connectivity index (χ2v) is 8.74. The van der Waals surface area contributed by atoms with Crippen LogP contribution in [0.3, 0.4) is 0 Å². The molecule has 0 unspecified atom stereocenters. The van der Waals surface area contributed by atoms with Crippen LogP contribution in [0.15, 0.2) is 66.7 Å². The first-order chi connectivity index (χ1) is 18.1. The number of methoxy groups -OCH3 is 2. The van der Waals surface area contributed by atoms with Crippen molar-refractivity contribution < 1.29 is 28.6 Å². The Morgan fingerprint density at radius 3 is 1.74 bits per heavy atom. The molecule has 3 aromatic carbocycles. The molecule has 3 amide bonds. The molecule has 0 atom stereocenters. The largest absolute Gasteiger partial charge is 0.497 e. The van der Waals surface area contributed by atoms with E-state index in [9.17, 15) is 14.4 Å². The Morgan fingerprint density at radius 1 is 0.789 bits per heavy atom. The van der Waals surface area contributed by atoms with Crippen LogP contribution in [0.5, 0.6) is 23.0 Å². The van der Waals surface area contributed by atoms with Gasteiger partial charge in [-0.25, -0.2) is 0 Å². The van der Waals surface area contributed by atoms with Gasteiger partial charge in [-0.1, -0.05) is 24.3 Å². The zero-order chi connectivity index (χ0) is 27.8. The second kappa shape index (κ2) is 12.4. The molecule has 0 fully saturated rings. The predicted octanol–water partition coefficient (Wildman–Crippen LogP) is 3.25. The van der Waals surface area contributed by atoms with Gasteiger partial charge in [0, 0.05) is 25.7 Å². The molecule has 0 aliphatic rings. The maximum absolute atomic E-state index is 13.0. The van der Waals surface area contributed by atoms with Crippen LogP contribution in [0.25, 0.3) is 11.6 Å². The third kappa shape index (κ3) is 7.13. The minimum atomic E-state index is -1.07. The van der Waals surface area contributed by atoms with E-state index in [1.807, 2.05) is 12.1 Å². The van der Waals surface area contributed by atoms with Gasteiger partial charge in [0.1, 0.15) is 28.9 Å². The summed E-state index contributed by atoms with van der Waals surface area (Å²) in [5, 5.41) is 0. The molecule has 3 aromatic rings. The van der Waals surface area contributed by atoms with Crippen LogP contribution < -0.4 is 25.7 Å². The maximum atomic E-state index is 13.0. The number of rotatable bonds is 11. The van der Waals surface area contributed by atoms with Crippen molar-refractivity contribution in [1.29, 1.82) is 0 Å². The van der Waals surface area contributed by atoms with Gasteiger partial charge in [0.25, 0.3) is 5.91 Å². The normalized spacial score (nSPS) is 11.1. The lowest BCUT2D eigenvalue weighted by Crippen LogP contribution is -2.36. The Kier molecular flexibility index (Phi) is 9.10. The van der Waals surface area contributed by atoms with Gasteiger partial charge >= 0.3 is 0 Å². The molecule has 9 nitrogen and oxygen atoms in total. The smallest absolute Gasteiger partial charge is 0.253 e. The summed E-state index contributed by atoms with van der Waals surface area (Å²) in [4.78, 5) is 37.4. The van der Waals surface area contributed by atoms with Gasteiger partial charge in [0.05, 0.1) is 14.2 Å². The summed E-state index contributed by atoms with van der Waals surface area (Å²) >= 11 is 0. The van der Waals surface area contributed by atoms with Crippen LogP contribution in [0.2, 0.25) is 0 Å². The van der Waals surface area contributed by atoms with Gasteiger partial charge in [-0.05, 0) is 65.6 Å². The van der Waals surface area contributed by atoms with Gasteiger partial charge in [-0.15, -0.1) is 0 Å². The Bertz CT molecular complexity index is 1300. The van der Waals surface area contributed by atoms with Crippen molar-refractivity contribution in [1.82, 2.24) is 4.90 Å². The van der Waals surface area contributed by atoms with E-state index in [-0.39, 0.29) is 12.3 Å². The maximum Gasteiger partial charge on any atom is 0.253 e. The molecule has 4 N–H and O–H groups in total. The van der Waals surface area contributed by atoms with Crippen molar-refractivity contribution in [3.05, 3.63) is 83.4 Å². The lowest BCUT2D eigenvalue weighted by Gasteiger charge is -2.15. The molecule has 3 rings (SSSR count). The Hall–Kier alpha value is -4.79. The molecule has 0 bridgehead atoms. The van der Waals surface area contributed by atoms with E-state index in [0.717, 1.165) is 11.1 Å². The van der Waals surface area contributed by atoms with Crippen molar-refractivity contribution in [3.63, 3.8) is 0 Å². The SMILES string of the molecule is COc1cc(C=C(C(=O)N(C)C)c2ccc(Oc3ccc(CC(C(N)=O)C(N)=O)cc3)cc2)cc(OC)c1. The summed E-state index contributed by atoms with van der Waals surface area (Å²) in [7, 11) is 6.52. The van der Waals surface area contributed by atoms with E-state index in [0.29, 0.717) is 34.1 Å². The topological polar surface area (TPSA) is 134 Å². The minimum Gasteiger partial charge on any atom is -0.497 e. The van der Waals surface area contributed by atoms with Crippen LogP contribution in [0.1, 0.15) is 16.7 Å². The number of nitrogens with zero attached hydrogens (tertiary/aromatic N) is 1. The van der Waals surface area contributed by atoms with Crippen LogP contribution in [0.4, 0.5) is 0 Å². The molecular weight excluding hydrogens is 486 g/mol. The average Bonchev–Trinajstić information content (AvgIpc) is 2.90. The second-order valence-electron chi connectivity index (χ2n) is 8.74. The van der Waals surface area contributed by atoms with Gasteiger partial charge in [0.15, 0.2) is 0 Å². The van der Waals surface area contributed by atoms with Gasteiger partial charge in [-0.3, -0.25) is 14.4 Å². The predicted molar refractivity (Wildman–Crippen MR) is 145 cm³/mol. The highest BCUT2D eigenvalue weighted by atomic mass is 16.5. The fourth-order valence-corrected chi connectivity index (χ4v) is 3.70. The van der Waals surface area contributed by atoms with E-state index < -0.39 is 17.7 Å². The molecule has 38 heavy (non-hydrogen) atoms. The van der Waals surface area contributed by atoms with Crippen LogP contribution in [-0.2, 0) is 20.8 Å². The Balaban J connectivity index is 1.82. The van der Waals surface area contributed by atoms with Crippen LogP contribution in [0, 0.1) is 5.92 Å². The van der Waals surface area contributed by atoms with Crippen molar-refractivity contribution in [2.45, 2.75) is 6.42 Å². The number of hydrogen-bond acceptors (Lipinski definition) is 6. The quantitative estimate of drug-likeness (QED) is 0.228. The molecule has 9 heteroatoms. The van der Waals surface area contributed by atoms with Gasteiger partial charge in [-0.2, -0.15) is 0 Å². The third-order valence-corrected chi connectivity index (χ3v) is 5.77. The van der Waals surface area contributed by atoms with Crippen molar-refractivity contribution in [2.75, 3.05) is 28.3 Å². The van der Waals surface area contributed by atoms with E-state index in [2.05, 4.69) is 0 Å². The molecule has 0 heterocycles. The fourth-order valence-electron chi connectivity index (χ4n) is 3.70. The Labute approximate surface area is 221 Å². The molecule has 0 saturated heterocycles. The summed E-state index contributed by atoms with van der Waals surface area (Å²) in [6.45, 7) is 0. The highest BCUT2D eigenvalue weighted by Gasteiger charge is 2.22. The molecule has 0 aliphatic heterocycles. The van der Waals surface area contributed by atoms with Crippen LogP contribution in [-0.4, -0.2) is 50.9 Å². The molecule has 0 spiro atoms. The van der Waals surface area contributed by atoms with Gasteiger partial charge < -0.3 is 30.6 Å². The number of nitrogens with two attached hydrogens (primary N) is 2. The van der Waals surface area contributed by atoms with E-state index in [4.69, 9.17) is 25.7 Å². The lowest BCUT2D eigenvalue weighted by atomic mass is 9.98. The number of primary amides is 2. The van der Waals surface area contributed by atoms with E-state index in [1.165, 1.54) is 4.90 Å². The monoisotopic (exact) mass is 517 g/mol. The standard InChI is InChI=1S/C29H31N3O6/c1-32(2)29(35)25(16-19-13-23(36-3)17-24(14-19)37-4)20-7-11-22(12-8-20)38-21-9-5-18(6-10-21)15-26(27(30)33)28(31)34/h5-14,16-17,26H,15H2,1-4H3,(H2,30,33)(H2,31,34). The van der Waals surface area contributed by atoms with Gasteiger partial charge in [0.2, 0.25) is 11.8 Å². The third-order valence-electron chi connectivity index (χ3n) is 5.77. The zero-order valence-electron chi connectivity index (χ0n) is 21.8. The number of amides is 3. The number of hydrogen-bond donors (Lipinski definition) is 2. The highest BCUT2D eigenvalue weighted by Crippen LogP contribution is 2.29. The number of ether oxygens (including phenoxy) is 3. The molecule has 0 aliphatic carbocycles. The molecule has 0 radical (unpaired) electrons. The zero-order valence-corrected chi connectivity index (χ0v) is 21.8. The number of likely N-dealkylation sites (N-methyl/N-ethyl adjacent to an activating group) is 1. The van der Waals surface area contributed by atoms with E-state index >= 15 is 0 Å². The Morgan fingerprint density at radius 2 is 1.29 bits per heavy atom. The summed E-state index contributed by atoms with van der Waals surface area (Å²) in [6.07, 6.45) is 1.90. The summed E-state index contributed by atoms with van der Waals surface area (Å²) in [5.41, 5.74) is 13.2. The van der Waals surface area contributed by atoms with Crippen molar-refractivity contribution >= 4 is 29.4 Å². The first-order valence-electron chi connectivity index (χ1n) is 11.7. The summed E-state index contributed by atoms with van der Waals surface area (Å²) in [6, 6.07) is 19.5. The van der Waals surface area contributed by atoms with Crippen molar-refractivity contribution in [2.24, 2.45) is 17.4 Å². The summed E-state index contributed by atoms with van der Waals surface area (Å²) < 4.78 is 16.6. The number of benzene rings is 3. The first-order valence-corrected chi connectivity index (χ1v) is 11.7. The lowest BCUT2D eigenvalue weighted by molar-refractivity contribution is -0.131. The highest BCUT2D eigenvalue weighted by molar-refractivity contribution is 6.24. The number of carbonyl (C=O) groups excluding carboxylic acids is 3. The average molecular weight is 518 g/mol. The number of carbonyl (C=O) groups is 3. The molecule has 0 saturated carbocycles. The molecule has 198 valence electrons. The first kappa shape index (κ1) is 27.8.